The summed E-state index contributed by atoms with van der Waals surface area (Å²) in [6.07, 6.45) is 2.40. The smallest absolute Gasteiger partial charge is 0.271 e. The summed E-state index contributed by atoms with van der Waals surface area (Å²) >= 11 is 0. The van der Waals surface area contributed by atoms with Crippen molar-refractivity contribution in [2.24, 2.45) is 0 Å². The molecule has 0 heterocycles. The zero-order valence-corrected chi connectivity index (χ0v) is 17.9. The van der Waals surface area contributed by atoms with Gasteiger partial charge in [0.1, 0.15) is 5.75 Å². The second-order valence-electron chi connectivity index (χ2n) is 6.53. The van der Waals surface area contributed by atoms with Gasteiger partial charge in [0.05, 0.1) is 22.1 Å². The predicted octanol–water partition coefficient (Wildman–Crippen LogP) is 4.43. The normalized spacial score (nSPS) is 11.3. The average Bonchev–Trinajstić information content (AvgIpc) is 2.80. The molecule has 0 aromatic heterocycles. The van der Waals surface area contributed by atoms with Gasteiger partial charge in [0, 0.05) is 18.2 Å². The number of amides is 1. The van der Waals surface area contributed by atoms with Crippen LogP contribution in [0.3, 0.4) is 0 Å². The van der Waals surface area contributed by atoms with E-state index in [0.717, 1.165) is 6.08 Å². The number of hydrogen-bond donors (Lipinski definition) is 0. The molecule has 0 aliphatic heterocycles. The van der Waals surface area contributed by atoms with Crippen molar-refractivity contribution >= 4 is 33.4 Å². The molecule has 0 saturated carbocycles. The van der Waals surface area contributed by atoms with Crippen LogP contribution in [0.1, 0.15) is 12.5 Å². The molecule has 3 aromatic rings. The van der Waals surface area contributed by atoms with E-state index in [9.17, 15) is 23.3 Å². The summed E-state index contributed by atoms with van der Waals surface area (Å²) in [6.45, 7) is 2.26. The zero-order chi connectivity index (χ0) is 23.1. The number of ether oxygens (including phenoxy) is 1. The van der Waals surface area contributed by atoms with Gasteiger partial charge in [-0.25, -0.2) is 8.42 Å². The number of carbonyl (C=O) groups excluding carboxylic acids is 1. The van der Waals surface area contributed by atoms with Gasteiger partial charge in [-0.05, 0) is 55.0 Å². The maximum absolute atomic E-state index is 13.3. The maximum atomic E-state index is 13.3. The molecule has 8 nitrogen and oxygen atoms in total. The Morgan fingerprint density at radius 3 is 2.34 bits per heavy atom. The van der Waals surface area contributed by atoms with Crippen molar-refractivity contribution in [3.05, 3.63) is 101 Å². The van der Waals surface area contributed by atoms with Crippen LogP contribution in [0.25, 0.3) is 6.08 Å². The van der Waals surface area contributed by atoms with Crippen molar-refractivity contribution < 1.29 is 22.9 Å². The zero-order valence-electron chi connectivity index (χ0n) is 17.1. The lowest BCUT2D eigenvalue weighted by atomic mass is 10.2. The molecule has 32 heavy (non-hydrogen) atoms. The van der Waals surface area contributed by atoms with Crippen LogP contribution in [0, 0.1) is 10.1 Å². The second kappa shape index (κ2) is 9.88. The fourth-order valence-electron chi connectivity index (χ4n) is 2.90. The lowest BCUT2D eigenvalue weighted by molar-refractivity contribution is -0.384. The highest BCUT2D eigenvalue weighted by molar-refractivity contribution is 7.93. The van der Waals surface area contributed by atoms with Gasteiger partial charge in [0.2, 0.25) is 0 Å². The predicted molar refractivity (Wildman–Crippen MR) is 121 cm³/mol. The SMILES string of the molecule is CCOc1ccc(N(C(=O)/C=C/c2cccc([N+](=O)[O-])c2)S(=O)(=O)c2ccccc2)cc1. The van der Waals surface area contributed by atoms with E-state index in [1.165, 1.54) is 48.5 Å². The summed E-state index contributed by atoms with van der Waals surface area (Å²) in [5.41, 5.74) is 0.377. The number of nitro groups is 1. The van der Waals surface area contributed by atoms with Crippen LogP contribution in [0.15, 0.2) is 89.8 Å². The number of sulfonamides is 1. The van der Waals surface area contributed by atoms with Crippen molar-refractivity contribution in [2.75, 3.05) is 10.9 Å². The molecule has 0 unspecified atom stereocenters. The van der Waals surface area contributed by atoms with E-state index >= 15 is 0 Å². The molecule has 0 atom stereocenters. The maximum Gasteiger partial charge on any atom is 0.271 e. The van der Waals surface area contributed by atoms with Crippen molar-refractivity contribution in [2.45, 2.75) is 11.8 Å². The fraction of sp³-hybridized carbons (Fsp3) is 0.0870. The second-order valence-corrected chi connectivity index (χ2v) is 8.32. The van der Waals surface area contributed by atoms with E-state index < -0.39 is 20.9 Å². The Bertz CT molecular complexity index is 1240. The number of anilines is 1. The molecule has 0 saturated heterocycles. The fourth-order valence-corrected chi connectivity index (χ4v) is 4.31. The van der Waals surface area contributed by atoms with Gasteiger partial charge in [-0.1, -0.05) is 30.3 Å². The van der Waals surface area contributed by atoms with Crippen LogP contribution >= 0.6 is 0 Å². The Labute approximate surface area is 185 Å². The van der Waals surface area contributed by atoms with Crippen molar-refractivity contribution in [3.8, 4) is 5.75 Å². The number of benzene rings is 3. The number of nitro benzene ring substituents is 1. The van der Waals surface area contributed by atoms with Crippen LogP contribution in [-0.4, -0.2) is 25.9 Å². The Morgan fingerprint density at radius 1 is 1.03 bits per heavy atom. The molecule has 0 aliphatic carbocycles. The van der Waals surface area contributed by atoms with Crippen LogP contribution in [-0.2, 0) is 14.8 Å². The van der Waals surface area contributed by atoms with Gasteiger partial charge in [-0.2, -0.15) is 4.31 Å². The molecule has 0 fully saturated rings. The van der Waals surface area contributed by atoms with Crippen molar-refractivity contribution in [1.82, 2.24) is 0 Å². The molecule has 0 N–H and O–H groups in total. The number of carbonyl (C=O) groups is 1. The third-order valence-electron chi connectivity index (χ3n) is 4.36. The highest BCUT2D eigenvalue weighted by atomic mass is 32.2. The quantitative estimate of drug-likeness (QED) is 0.284. The van der Waals surface area contributed by atoms with Crippen LogP contribution in [0.5, 0.6) is 5.75 Å². The number of nitrogens with zero attached hydrogens (tertiary/aromatic N) is 2. The first-order valence-electron chi connectivity index (χ1n) is 9.62. The standard InChI is InChI=1S/C23H20N2O6S/c1-2-31-21-14-12-19(13-15-21)24(32(29,30)22-9-4-3-5-10-22)23(26)16-11-18-7-6-8-20(17-18)25(27)28/h3-17H,2H2,1H3/b16-11+. The molecule has 0 aliphatic rings. The Morgan fingerprint density at radius 2 is 1.72 bits per heavy atom. The van der Waals surface area contributed by atoms with E-state index in [2.05, 4.69) is 0 Å². The largest absolute Gasteiger partial charge is 0.494 e. The van der Waals surface area contributed by atoms with Crippen LogP contribution in [0.4, 0.5) is 11.4 Å². The van der Waals surface area contributed by atoms with E-state index in [1.54, 1.807) is 36.4 Å². The molecule has 1 amide bonds. The summed E-state index contributed by atoms with van der Waals surface area (Å²) in [5.74, 6) is -0.294. The van der Waals surface area contributed by atoms with E-state index in [0.29, 0.717) is 22.2 Å². The molecular weight excluding hydrogens is 432 g/mol. The van der Waals surface area contributed by atoms with Gasteiger partial charge in [0.15, 0.2) is 0 Å². The molecule has 3 rings (SSSR count). The Balaban J connectivity index is 2.01. The minimum atomic E-state index is -4.22. The number of non-ortho nitro benzene ring substituents is 1. The lowest BCUT2D eigenvalue weighted by Crippen LogP contribution is -2.35. The van der Waals surface area contributed by atoms with E-state index in [-0.39, 0.29) is 16.3 Å². The molecule has 164 valence electrons. The van der Waals surface area contributed by atoms with Gasteiger partial charge < -0.3 is 4.74 Å². The van der Waals surface area contributed by atoms with Crippen LogP contribution in [0.2, 0.25) is 0 Å². The first kappa shape index (κ1) is 22.7. The van der Waals surface area contributed by atoms with E-state index in [4.69, 9.17) is 4.74 Å². The topological polar surface area (TPSA) is 107 Å². The minimum absolute atomic E-state index is 0.0500. The first-order chi connectivity index (χ1) is 15.3. The van der Waals surface area contributed by atoms with E-state index in [1.807, 2.05) is 6.92 Å². The molecule has 3 aromatic carbocycles. The highest BCUT2D eigenvalue weighted by Gasteiger charge is 2.29. The lowest BCUT2D eigenvalue weighted by Gasteiger charge is -2.21. The first-order valence-corrected chi connectivity index (χ1v) is 11.1. The van der Waals surface area contributed by atoms with Gasteiger partial charge in [-0.15, -0.1) is 0 Å². The third kappa shape index (κ3) is 5.19. The molecule has 0 bridgehead atoms. The minimum Gasteiger partial charge on any atom is -0.494 e. The van der Waals surface area contributed by atoms with Crippen molar-refractivity contribution in [1.29, 1.82) is 0 Å². The Hall–Kier alpha value is -3.98. The number of rotatable bonds is 8. The molecule has 9 heteroatoms. The van der Waals surface area contributed by atoms with Gasteiger partial charge in [0.25, 0.3) is 21.6 Å². The third-order valence-corrected chi connectivity index (χ3v) is 6.10. The Kier molecular flexibility index (Phi) is 7.01. The number of hydrogen-bond acceptors (Lipinski definition) is 6. The highest BCUT2D eigenvalue weighted by Crippen LogP contribution is 2.27. The monoisotopic (exact) mass is 452 g/mol. The van der Waals surface area contributed by atoms with Gasteiger partial charge >= 0.3 is 0 Å². The summed E-state index contributed by atoms with van der Waals surface area (Å²) in [5, 5.41) is 11.0. The summed E-state index contributed by atoms with van der Waals surface area (Å²) in [6, 6.07) is 19.4. The van der Waals surface area contributed by atoms with Crippen molar-refractivity contribution in [3.63, 3.8) is 0 Å². The summed E-state index contributed by atoms with van der Waals surface area (Å²) < 4.78 is 32.7. The summed E-state index contributed by atoms with van der Waals surface area (Å²) in [4.78, 5) is 23.4. The molecule has 0 radical (unpaired) electrons. The average molecular weight is 452 g/mol. The van der Waals surface area contributed by atoms with Gasteiger partial charge in [-0.3, -0.25) is 14.9 Å². The molecule has 0 spiro atoms. The van der Waals surface area contributed by atoms with Crippen LogP contribution < -0.4 is 9.04 Å². The molecular formula is C23H20N2O6S. The summed E-state index contributed by atoms with van der Waals surface area (Å²) in [7, 11) is -4.22.